The SMILES string of the molecule is CC(O)C(NC(=O)C12CC3OC(=O)C1N(Cc1ccccc1C=COCCO)OC2C1OCOC31)C(=O)NCCO. The Morgan fingerprint density at radius 1 is 1.22 bits per heavy atom. The molecular formula is C27H35N3O11. The Bertz CT molecular complexity index is 1160. The van der Waals surface area contributed by atoms with Crippen LogP contribution in [0, 0.1) is 5.41 Å². The minimum atomic E-state index is -1.52. The Hall–Kier alpha value is -3.11. The molecule has 3 aliphatic heterocycles. The zero-order valence-electron chi connectivity index (χ0n) is 22.5. The maximum atomic E-state index is 14.2. The minimum Gasteiger partial charge on any atom is -0.499 e. The van der Waals surface area contributed by atoms with Crippen LogP contribution >= 0.6 is 0 Å². The van der Waals surface area contributed by atoms with Gasteiger partial charge in [-0.15, -0.1) is 0 Å². The quantitative estimate of drug-likeness (QED) is 0.107. The van der Waals surface area contributed by atoms with Crippen LogP contribution in [0.3, 0.4) is 0 Å². The number of rotatable bonds is 12. The van der Waals surface area contributed by atoms with Crippen LogP contribution in [0.15, 0.2) is 30.5 Å². The van der Waals surface area contributed by atoms with Crippen molar-refractivity contribution in [1.29, 1.82) is 0 Å². The van der Waals surface area contributed by atoms with Gasteiger partial charge in [-0.3, -0.25) is 19.2 Å². The van der Waals surface area contributed by atoms with Gasteiger partial charge in [0.1, 0.15) is 49.3 Å². The monoisotopic (exact) mass is 577 g/mol. The molecule has 1 aromatic rings. The van der Waals surface area contributed by atoms with Crippen LogP contribution in [0.1, 0.15) is 24.5 Å². The normalized spacial score (nSPS) is 31.8. The lowest BCUT2D eigenvalue weighted by atomic mass is 9.62. The Balaban J connectivity index is 1.47. The third kappa shape index (κ3) is 5.44. The highest BCUT2D eigenvalue weighted by Crippen LogP contribution is 2.55. The lowest BCUT2D eigenvalue weighted by Gasteiger charge is -2.49. The summed E-state index contributed by atoms with van der Waals surface area (Å²) in [6.07, 6.45) is -1.13. The van der Waals surface area contributed by atoms with E-state index in [4.69, 9.17) is 34.0 Å². The molecule has 4 fully saturated rings. The highest BCUT2D eigenvalue weighted by atomic mass is 16.8. The summed E-state index contributed by atoms with van der Waals surface area (Å²) in [5, 5.41) is 34.9. The molecule has 0 radical (unpaired) electrons. The summed E-state index contributed by atoms with van der Waals surface area (Å²) < 4.78 is 22.6. The summed E-state index contributed by atoms with van der Waals surface area (Å²) >= 11 is 0. The summed E-state index contributed by atoms with van der Waals surface area (Å²) in [5.41, 5.74) is -0.00255. The number of ether oxygens (including phenoxy) is 4. The van der Waals surface area contributed by atoms with Crippen molar-refractivity contribution in [1.82, 2.24) is 15.7 Å². The van der Waals surface area contributed by atoms with Gasteiger partial charge in [0.15, 0.2) is 6.04 Å². The fourth-order valence-electron chi connectivity index (χ4n) is 6.05. The van der Waals surface area contributed by atoms with Gasteiger partial charge in [-0.1, -0.05) is 24.3 Å². The summed E-state index contributed by atoms with van der Waals surface area (Å²) in [4.78, 5) is 46.8. The lowest BCUT2D eigenvalue weighted by molar-refractivity contribution is -0.201. The van der Waals surface area contributed by atoms with Crippen molar-refractivity contribution < 1.29 is 53.5 Å². The van der Waals surface area contributed by atoms with Crippen LogP contribution in [-0.2, 0) is 44.7 Å². The molecule has 3 heterocycles. The lowest BCUT2D eigenvalue weighted by Crippen LogP contribution is -2.71. The van der Waals surface area contributed by atoms with E-state index in [1.54, 1.807) is 6.08 Å². The molecule has 41 heavy (non-hydrogen) atoms. The summed E-state index contributed by atoms with van der Waals surface area (Å²) in [7, 11) is 0. The van der Waals surface area contributed by atoms with Crippen LogP contribution in [0.5, 0.6) is 0 Å². The molecule has 0 spiro atoms. The number of hydrogen-bond donors (Lipinski definition) is 5. The van der Waals surface area contributed by atoms with E-state index in [1.807, 2.05) is 24.3 Å². The number of aliphatic hydroxyl groups excluding tert-OH is 3. The van der Waals surface area contributed by atoms with Gasteiger partial charge in [-0.2, -0.15) is 5.06 Å². The molecule has 8 unspecified atom stereocenters. The molecule has 5 rings (SSSR count). The Labute approximate surface area is 236 Å². The number of hydrogen-bond acceptors (Lipinski definition) is 12. The third-order valence-corrected chi connectivity index (χ3v) is 7.89. The fraction of sp³-hybridized carbons (Fsp3) is 0.593. The zero-order chi connectivity index (χ0) is 29.1. The van der Waals surface area contributed by atoms with Gasteiger partial charge in [0.05, 0.1) is 32.1 Å². The number of carbonyl (C=O) groups is 3. The fourth-order valence-corrected chi connectivity index (χ4v) is 6.05. The minimum absolute atomic E-state index is 0.0578. The molecule has 2 bridgehead atoms. The second-order valence-electron chi connectivity index (χ2n) is 10.4. The van der Waals surface area contributed by atoms with Gasteiger partial charge in [0.2, 0.25) is 11.8 Å². The number of nitrogens with one attached hydrogen (secondary N) is 2. The molecule has 14 nitrogen and oxygen atoms in total. The van der Waals surface area contributed by atoms with Gasteiger partial charge in [-0.05, 0) is 24.1 Å². The first-order valence-corrected chi connectivity index (χ1v) is 13.5. The average molecular weight is 578 g/mol. The molecule has 14 heteroatoms. The molecule has 0 aromatic heterocycles. The van der Waals surface area contributed by atoms with Crippen LogP contribution < -0.4 is 10.6 Å². The van der Waals surface area contributed by atoms with Gasteiger partial charge in [-0.25, -0.2) is 0 Å². The molecule has 1 aliphatic carbocycles. The van der Waals surface area contributed by atoms with Crippen molar-refractivity contribution in [3.63, 3.8) is 0 Å². The zero-order valence-corrected chi connectivity index (χ0v) is 22.5. The number of carbonyl (C=O) groups excluding carboxylic acids is 3. The van der Waals surface area contributed by atoms with E-state index in [2.05, 4.69) is 10.6 Å². The highest BCUT2D eigenvalue weighted by Gasteiger charge is 2.74. The van der Waals surface area contributed by atoms with Crippen LogP contribution in [-0.4, -0.2) is 114 Å². The maximum absolute atomic E-state index is 14.2. The standard InChI is InChI=1S/C27H35N3O11/c1-15(33)19(24(34)28-7-8-31)29-26(36)27-12-18-20-21(39-14-38-20)23(27)41-30(22(27)25(35)40-18)13-17-5-3-2-4-16(17)6-10-37-11-9-32/h2-6,10,15,18-23,31-33H,7-9,11-14H2,1H3,(H,28,34)(H,29,36). The van der Waals surface area contributed by atoms with Crippen LogP contribution in [0.25, 0.3) is 6.08 Å². The predicted molar refractivity (Wildman–Crippen MR) is 138 cm³/mol. The smallest absolute Gasteiger partial charge is 0.327 e. The van der Waals surface area contributed by atoms with E-state index < -0.39 is 65.8 Å². The van der Waals surface area contributed by atoms with Crippen molar-refractivity contribution >= 4 is 23.9 Å². The number of hydroxylamine groups is 2. The maximum Gasteiger partial charge on any atom is 0.327 e. The molecule has 1 saturated carbocycles. The topological polar surface area (TPSA) is 185 Å². The molecule has 3 saturated heterocycles. The van der Waals surface area contributed by atoms with E-state index in [9.17, 15) is 19.5 Å². The summed E-state index contributed by atoms with van der Waals surface area (Å²) in [5.74, 6) is -2.02. The molecule has 2 amide bonds. The summed E-state index contributed by atoms with van der Waals surface area (Å²) in [6.45, 7) is 1.01. The third-order valence-electron chi connectivity index (χ3n) is 7.89. The van der Waals surface area contributed by atoms with Crippen molar-refractivity contribution in [3.05, 3.63) is 41.7 Å². The number of benzene rings is 1. The van der Waals surface area contributed by atoms with E-state index in [0.717, 1.165) is 11.1 Å². The molecule has 4 aliphatic rings. The van der Waals surface area contributed by atoms with Gasteiger partial charge in [0, 0.05) is 13.0 Å². The first kappa shape index (κ1) is 29.4. The second kappa shape index (κ2) is 12.4. The van der Waals surface area contributed by atoms with Crippen molar-refractivity contribution in [3.8, 4) is 0 Å². The number of amides is 2. The molecule has 224 valence electrons. The first-order chi connectivity index (χ1) is 19.8. The molecule has 5 N–H and O–H groups in total. The van der Waals surface area contributed by atoms with Crippen molar-refractivity contribution in [2.75, 3.05) is 33.2 Å². The Morgan fingerprint density at radius 2 is 2.00 bits per heavy atom. The number of esters is 1. The molecule has 8 atom stereocenters. The second-order valence-corrected chi connectivity index (χ2v) is 10.4. The first-order valence-electron chi connectivity index (χ1n) is 13.5. The van der Waals surface area contributed by atoms with Gasteiger partial charge >= 0.3 is 5.97 Å². The van der Waals surface area contributed by atoms with Gasteiger partial charge in [0.25, 0.3) is 0 Å². The summed E-state index contributed by atoms with van der Waals surface area (Å²) in [6, 6.07) is 4.80. The van der Waals surface area contributed by atoms with E-state index >= 15 is 0 Å². The number of aliphatic hydroxyl groups is 3. The Morgan fingerprint density at radius 3 is 2.76 bits per heavy atom. The average Bonchev–Trinajstić information content (AvgIpc) is 3.58. The van der Waals surface area contributed by atoms with Crippen molar-refractivity contribution in [2.24, 2.45) is 5.41 Å². The van der Waals surface area contributed by atoms with Crippen LogP contribution in [0.4, 0.5) is 0 Å². The van der Waals surface area contributed by atoms with Crippen LogP contribution in [0.2, 0.25) is 0 Å². The number of nitrogens with zero attached hydrogens (tertiary/aromatic N) is 1. The molecule has 1 aromatic carbocycles. The predicted octanol–water partition coefficient (Wildman–Crippen LogP) is -1.82. The molecular weight excluding hydrogens is 542 g/mol. The van der Waals surface area contributed by atoms with Gasteiger partial charge < -0.3 is 44.9 Å². The van der Waals surface area contributed by atoms with E-state index in [1.165, 1.54) is 18.2 Å². The largest absolute Gasteiger partial charge is 0.499 e. The van der Waals surface area contributed by atoms with E-state index in [0.29, 0.717) is 0 Å². The Kier molecular flexibility index (Phi) is 8.89. The van der Waals surface area contributed by atoms with Crippen molar-refractivity contribution in [2.45, 2.75) is 62.5 Å². The highest BCUT2D eigenvalue weighted by molar-refractivity contribution is 5.96. The van der Waals surface area contributed by atoms with E-state index in [-0.39, 0.29) is 46.1 Å². The number of fused-ring (bicyclic) bond motifs is 4.